The number of hydrogen-bond acceptors (Lipinski definition) is 4. The molecule has 0 spiro atoms. The number of thiophene rings is 1. The van der Waals surface area contributed by atoms with Gasteiger partial charge in [-0.3, -0.25) is 9.59 Å². The molecule has 2 aromatic carbocycles. The van der Waals surface area contributed by atoms with Crippen LogP contribution in [-0.2, 0) is 10.2 Å². The van der Waals surface area contributed by atoms with E-state index in [9.17, 15) is 9.59 Å². The number of amides is 2. The van der Waals surface area contributed by atoms with Crippen LogP contribution in [0.25, 0.3) is 0 Å². The zero-order valence-electron chi connectivity index (χ0n) is 16.2. The van der Waals surface area contributed by atoms with Crippen molar-refractivity contribution in [2.24, 2.45) is 0 Å². The summed E-state index contributed by atoms with van der Waals surface area (Å²) >= 11 is 1.61. The SMILES string of the molecule is Cc1ccc2c(c1)N(C)C(=O)c1cc(NC(=O)C3(c4cccs4)CC3)ccc1O2. The van der Waals surface area contributed by atoms with Gasteiger partial charge in [0.2, 0.25) is 5.91 Å². The highest BCUT2D eigenvalue weighted by Crippen LogP contribution is 2.50. The molecule has 0 unspecified atom stereocenters. The van der Waals surface area contributed by atoms with E-state index in [1.54, 1.807) is 41.5 Å². The molecule has 3 aromatic rings. The van der Waals surface area contributed by atoms with Gasteiger partial charge in [0.1, 0.15) is 5.75 Å². The van der Waals surface area contributed by atoms with Crippen molar-refractivity contribution < 1.29 is 14.3 Å². The molecule has 1 fully saturated rings. The van der Waals surface area contributed by atoms with E-state index < -0.39 is 5.41 Å². The van der Waals surface area contributed by atoms with Gasteiger partial charge in [0.15, 0.2) is 5.75 Å². The van der Waals surface area contributed by atoms with Crippen molar-refractivity contribution in [3.05, 3.63) is 69.9 Å². The van der Waals surface area contributed by atoms with Gasteiger partial charge in [-0.15, -0.1) is 11.3 Å². The van der Waals surface area contributed by atoms with Crippen molar-refractivity contribution in [1.82, 2.24) is 0 Å². The fourth-order valence-electron chi connectivity index (χ4n) is 3.76. The minimum atomic E-state index is -0.425. The summed E-state index contributed by atoms with van der Waals surface area (Å²) < 4.78 is 6.02. The second-order valence-electron chi connectivity index (χ2n) is 7.66. The molecule has 2 heterocycles. The number of carbonyl (C=O) groups excluding carboxylic acids is 2. The molecule has 0 saturated heterocycles. The first-order valence-electron chi connectivity index (χ1n) is 9.54. The Morgan fingerprint density at radius 1 is 1.14 bits per heavy atom. The van der Waals surface area contributed by atoms with Crippen molar-refractivity contribution in [2.45, 2.75) is 25.2 Å². The minimum absolute atomic E-state index is 0.0193. The van der Waals surface area contributed by atoms with E-state index in [0.717, 1.165) is 29.0 Å². The summed E-state index contributed by atoms with van der Waals surface area (Å²) in [6.45, 7) is 1.98. The van der Waals surface area contributed by atoms with Crippen molar-refractivity contribution >= 4 is 34.5 Å². The fraction of sp³-hybridized carbons (Fsp3) is 0.217. The van der Waals surface area contributed by atoms with Crippen LogP contribution in [0.1, 0.15) is 33.6 Å². The lowest BCUT2D eigenvalue weighted by Gasteiger charge is -2.17. The average molecular weight is 404 g/mol. The average Bonchev–Trinajstić information content (AvgIpc) is 3.37. The van der Waals surface area contributed by atoms with Crippen molar-refractivity contribution in [2.75, 3.05) is 17.3 Å². The molecule has 1 N–H and O–H groups in total. The van der Waals surface area contributed by atoms with Gasteiger partial charge >= 0.3 is 0 Å². The van der Waals surface area contributed by atoms with Gasteiger partial charge in [-0.25, -0.2) is 0 Å². The molecule has 1 aromatic heterocycles. The van der Waals surface area contributed by atoms with Crippen LogP contribution in [0.3, 0.4) is 0 Å². The Kier molecular flexibility index (Phi) is 3.99. The maximum atomic E-state index is 13.1. The monoisotopic (exact) mass is 404 g/mol. The van der Waals surface area contributed by atoms with Crippen molar-refractivity contribution in [3.8, 4) is 11.5 Å². The highest BCUT2D eigenvalue weighted by atomic mass is 32.1. The number of ether oxygens (including phenoxy) is 1. The molecular weight excluding hydrogens is 384 g/mol. The molecule has 0 bridgehead atoms. The molecule has 2 amide bonds. The molecule has 146 valence electrons. The number of aryl methyl sites for hydroxylation is 1. The lowest BCUT2D eigenvalue weighted by atomic mass is 10.0. The number of anilines is 2. The Morgan fingerprint density at radius 3 is 2.66 bits per heavy atom. The largest absolute Gasteiger partial charge is 0.454 e. The maximum absolute atomic E-state index is 13.1. The standard InChI is InChI=1S/C23H20N2O3S/c1-14-5-7-19-17(12-14)25(2)21(26)16-13-15(6-8-18(16)28-19)24-22(27)23(9-10-23)20-4-3-11-29-20/h3-8,11-13H,9-10H2,1-2H3,(H,24,27). The Hall–Kier alpha value is -3.12. The number of rotatable bonds is 3. The molecule has 1 aliphatic carbocycles. The fourth-order valence-corrected chi connectivity index (χ4v) is 4.74. The normalized spacial score (nSPS) is 16.3. The second kappa shape index (κ2) is 6.46. The van der Waals surface area contributed by atoms with E-state index in [4.69, 9.17) is 4.74 Å². The quantitative estimate of drug-likeness (QED) is 0.660. The van der Waals surface area contributed by atoms with E-state index in [-0.39, 0.29) is 11.8 Å². The summed E-state index contributed by atoms with van der Waals surface area (Å²) in [6.07, 6.45) is 1.70. The van der Waals surface area contributed by atoms with Crippen LogP contribution >= 0.6 is 11.3 Å². The van der Waals surface area contributed by atoms with Crippen molar-refractivity contribution in [3.63, 3.8) is 0 Å². The summed E-state index contributed by atoms with van der Waals surface area (Å²) in [5.41, 5.74) is 2.39. The third-order valence-corrected chi connectivity index (χ3v) is 6.72. The summed E-state index contributed by atoms with van der Waals surface area (Å²) in [5, 5.41) is 5.01. The maximum Gasteiger partial charge on any atom is 0.261 e. The van der Waals surface area contributed by atoms with Crippen LogP contribution in [0.4, 0.5) is 11.4 Å². The molecule has 1 aliphatic heterocycles. The topological polar surface area (TPSA) is 58.6 Å². The summed E-state index contributed by atoms with van der Waals surface area (Å²) in [4.78, 5) is 28.7. The van der Waals surface area contributed by atoms with Gasteiger partial charge in [-0.1, -0.05) is 12.1 Å². The van der Waals surface area contributed by atoms with Crippen LogP contribution < -0.4 is 15.0 Å². The van der Waals surface area contributed by atoms with Gasteiger partial charge in [-0.05, 0) is 67.1 Å². The third-order valence-electron chi connectivity index (χ3n) is 5.65. The predicted molar refractivity (Wildman–Crippen MR) is 114 cm³/mol. The van der Waals surface area contributed by atoms with E-state index in [1.807, 2.05) is 42.6 Å². The van der Waals surface area contributed by atoms with Crippen LogP contribution in [0.15, 0.2) is 53.9 Å². The van der Waals surface area contributed by atoms with Crippen LogP contribution in [0.5, 0.6) is 11.5 Å². The Morgan fingerprint density at radius 2 is 1.93 bits per heavy atom. The van der Waals surface area contributed by atoms with Crippen LogP contribution in [-0.4, -0.2) is 18.9 Å². The van der Waals surface area contributed by atoms with Gasteiger partial charge < -0.3 is 15.0 Å². The molecule has 5 nitrogen and oxygen atoms in total. The first kappa shape index (κ1) is 17.9. The highest BCUT2D eigenvalue weighted by Gasteiger charge is 2.52. The summed E-state index contributed by atoms with van der Waals surface area (Å²) in [6, 6.07) is 15.0. The predicted octanol–water partition coefficient (Wildman–Crippen LogP) is 5.11. The Balaban J connectivity index is 1.46. The van der Waals surface area contributed by atoms with E-state index >= 15 is 0 Å². The molecule has 0 atom stereocenters. The summed E-state index contributed by atoms with van der Waals surface area (Å²) in [7, 11) is 1.74. The number of carbonyl (C=O) groups is 2. The smallest absolute Gasteiger partial charge is 0.261 e. The first-order valence-corrected chi connectivity index (χ1v) is 10.4. The summed E-state index contributed by atoms with van der Waals surface area (Å²) in [5.74, 6) is 0.937. The van der Waals surface area contributed by atoms with E-state index in [1.165, 1.54) is 0 Å². The van der Waals surface area contributed by atoms with E-state index in [2.05, 4.69) is 5.32 Å². The van der Waals surface area contributed by atoms with Gasteiger partial charge in [-0.2, -0.15) is 0 Å². The van der Waals surface area contributed by atoms with Crippen LogP contribution in [0.2, 0.25) is 0 Å². The lowest BCUT2D eigenvalue weighted by molar-refractivity contribution is -0.118. The minimum Gasteiger partial charge on any atom is -0.454 e. The molecule has 5 rings (SSSR count). The van der Waals surface area contributed by atoms with Gasteiger partial charge in [0.05, 0.1) is 16.7 Å². The molecule has 29 heavy (non-hydrogen) atoms. The van der Waals surface area contributed by atoms with Crippen LogP contribution in [0, 0.1) is 6.92 Å². The zero-order chi connectivity index (χ0) is 20.2. The van der Waals surface area contributed by atoms with Gasteiger partial charge in [0.25, 0.3) is 5.91 Å². The first-order chi connectivity index (χ1) is 14.0. The Labute approximate surface area is 172 Å². The number of benzene rings is 2. The number of fused-ring (bicyclic) bond motifs is 2. The third kappa shape index (κ3) is 2.91. The van der Waals surface area contributed by atoms with Crippen molar-refractivity contribution in [1.29, 1.82) is 0 Å². The molecule has 1 saturated carbocycles. The Bertz CT molecular complexity index is 1130. The number of nitrogens with zero attached hydrogens (tertiary/aromatic N) is 1. The molecular formula is C23H20N2O3S. The number of nitrogens with one attached hydrogen (secondary N) is 1. The second-order valence-corrected chi connectivity index (χ2v) is 8.61. The molecule has 0 radical (unpaired) electrons. The zero-order valence-corrected chi connectivity index (χ0v) is 17.0. The lowest BCUT2D eigenvalue weighted by Crippen LogP contribution is -2.28. The number of hydrogen-bond donors (Lipinski definition) is 1. The van der Waals surface area contributed by atoms with Gasteiger partial charge in [0, 0.05) is 17.6 Å². The van der Waals surface area contributed by atoms with E-state index in [0.29, 0.717) is 22.7 Å². The molecule has 2 aliphatic rings. The highest BCUT2D eigenvalue weighted by molar-refractivity contribution is 7.10. The molecule has 6 heteroatoms.